The van der Waals surface area contributed by atoms with Crippen molar-refractivity contribution < 1.29 is 24.5 Å². The molecule has 8 heteroatoms. The third-order valence-electron chi connectivity index (χ3n) is 2.76. The molecule has 1 aromatic carbocycles. The summed E-state index contributed by atoms with van der Waals surface area (Å²) in [6.07, 6.45) is 0.418. The van der Waals surface area contributed by atoms with Gasteiger partial charge in [0.1, 0.15) is 5.69 Å². The second-order valence-corrected chi connectivity index (χ2v) is 4.33. The van der Waals surface area contributed by atoms with E-state index < -0.39 is 24.5 Å². The summed E-state index contributed by atoms with van der Waals surface area (Å²) in [4.78, 5) is 10.7. The highest BCUT2D eigenvalue weighted by molar-refractivity contribution is 5.85. The van der Waals surface area contributed by atoms with Gasteiger partial charge in [-0.3, -0.25) is 0 Å². The normalized spacial score (nSPS) is 12.1. The number of hydrogen-bond donors (Lipinski definition) is 4. The van der Waals surface area contributed by atoms with Gasteiger partial charge in [-0.15, -0.1) is 0 Å². The van der Waals surface area contributed by atoms with Gasteiger partial charge < -0.3 is 20.6 Å². The molecular weight excluding hydrogens is 281 g/mol. The van der Waals surface area contributed by atoms with Gasteiger partial charge in [0.25, 0.3) is 0 Å². The Hall–Kier alpha value is -2.45. The van der Waals surface area contributed by atoms with Crippen LogP contribution in [0.25, 0.3) is 5.69 Å². The van der Waals surface area contributed by atoms with Crippen molar-refractivity contribution in [2.75, 3.05) is 18.5 Å². The van der Waals surface area contributed by atoms with Crippen LogP contribution in [0.2, 0.25) is 0 Å². The zero-order valence-corrected chi connectivity index (χ0v) is 10.9. The highest BCUT2D eigenvalue weighted by atomic mass is 19.1. The van der Waals surface area contributed by atoms with Crippen LogP contribution in [-0.2, 0) is 0 Å². The van der Waals surface area contributed by atoms with Crippen LogP contribution in [0, 0.1) is 5.82 Å². The minimum absolute atomic E-state index is 0.0836. The van der Waals surface area contributed by atoms with Crippen LogP contribution in [0.15, 0.2) is 30.5 Å². The second kappa shape index (κ2) is 6.33. The summed E-state index contributed by atoms with van der Waals surface area (Å²) in [6.45, 7) is -0.307. The molecule has 0 saturated carbocycles. The average Bonchev–Trinajstić information content (AvgIpc) is 2.94. The molecule has 2 rings (SSSR count). The van der Waals surface area contributed by atoms with Gasteiger partial charge >= 0.3 is 5.97 Å². The lowest BCUT2D eigenvalue weighted by Crippen LogP contribution is -2.23. The van der Waals surface area contributed by atoms with Gasteiger partial charge in [-0.05, 0) is 24.3 Å². The molecule has 0 aliphatic carbocycles. The van der Waals surface area contributed by atoms with E-state index in [2.05, 4.69) is 10.4 Å². The van der Waals surface area contributed by atoms with Crippen molar-refractivity contribution in [3.8, 4) is 5.69 Å². The number of benzene rings is 1. The number of halogens is 1. The molecule has 1 atom stereocenters. The quantitative estimate of drug-likeness (QED) is 0.617. The SMILES string of the molecule is O=C(O)c1ccn(-c2ccc(NCC(O)CO)cc2F)n1. The highest BCUT2D eigenvalue weighted by Gasteiger charge is 2.11. The first kappa shape index (κ1) is 14.9. The van der Waals surface area contributed by atoms with Gasteiger partial charge in [-0.25, -0.2) is 13.9 Å². The van der Waals surface area contributed by atoms with Crippen molar-refractivity contribution in [2.24, 2.45) is 0 Å². The summed E-state index contributed by atoms with van der Waals surface area (Å²) in [6, 6.07) is 5.46. The van der Waals surface area contributed by atoms with Crippen molar-refractivity contribution in [1.29, 1.82) is 0 Å². The number of nitrogens with zero attached hydrogens (tertiary/aromatic N) is 2. The maximum Gasteiger partial charge on any atom is 0.356 e. The largest absolute Gasteiger partial charge is 0.476 e. The Morgan fingerprint density at radius 1 is 1.43 bits per heavy atom. The number of aliphatic hydroxyl groups is 2. The maximum absolute atomic E-state index is 14.0. The van der Waals surface area contributed by atoms with Crippen LogP contribution in [0.1, 0.15) is 10.5 Å². The molecule has 0 fully saturated rings. The molecule has 0 aliphatic heterocycles. The van der Waals surface area contributed by atoms with E-state index >= 15 is 0 Å². The average molecular weight is 295 g/mol. The number of nitrogens with one attached hydrogen (secondary N) is 1. The van der Waals surface area contributed by atoms with Gasteiger partial charge in [0.05, 0.1) is 12.7 Å². The standard InChI is InChI=1S/C13H14FN3O4/c14-10-5-8(15-6-9(19)7-18)1-2-12(10)17-4-3-11(16-17)13(20)21/h1-5,9,15,18-19H,6-7H2,(H,20,21). The van der Waals surface area contributed by atoms with E-state index in [4.69, 9.17) is 10.2 Å². The molecule has 0 saturated heterocycles. The molecule has 1 heterocycles. The Labute approximate surface area is 119 Å². The number of aliphatic hydroxyl groups excluding tert-OH is 2. The number of rotatable bonds is 6. The van der Waals surface area contributed by atoms with Crippen molar-refractivity contribution in [2.45, 2.75) is 6.10 Å². The number of carboxylic acid groups (broad SMARTS) is 1. The first-order chi connectivity index (χ1) is 10.0. The number of hydrogen-bond acceptors (Lipinski definition) is 5. The fourth-order valence-electron chi connectivity index (χ4n) is 1.68. The van der Waals surface area contributed by atoms with E-state index in [1.165, 1.54) is 24.4 Å². The monoisotopic (exact) mass is 295 g/mol. The number of anilines is 1. The van der Waals surface area contributed by atoms with E-state index in [9.17, 15) is 14.3 Å². The van der Waals surface area contributed by atoms with Crippen LogP contribution in [0.5, 0.6) is 0 Å². The number of aromatic nitrogens is 2. The minimum atomic E-state index is -1.19. The summed E-state index contributed by atoms with van der Waals surface area (Å²) in [5, 5.41) is 33.2. The third-order valence-corrected chi connectivity index (χ3v) is 2.76. The molecule has 21 heavy (non-hydrogen) atoms. The minimum Gasteiger partial charge on any atom is -0.476 e. The molecule has 1 aromatic heterocycles. The van der Waals surface area contributed by atoms with Gasteiger partial charge in [-0.1, -0.05) is 0 Å². The molecule has 0 bridgehead atoms. The van der Waals surface area contributed by atoms with Gasteiger partial charge in [0.2, 0.25) is 0 Å². The predicted octanol–water partition coefficient (Wildman–Crippen LogP) is 0.475. The van der Waals surface area contributed by atoms with Crippen molar-refractivity contribution in [1.82, 2.24) is 9.78 Å². The lowest BCUT2D eigenvalue weighted by molar-refractivity contribution is 0.0690. The molecule has 1 unspecified atom stereocenters. The molecule has 7 nitrogen and oxygen atoms in total. The van der Waals surface area contributed by atoms with Gasteiger partial charge in [0.15, 0.2) is 11.5 Å². The fourth-order valence-corrected chi connectivity index (χ4v) is 1.68. The van der Waals surface area contributed by atoms with Crippen LogP contribution >= 0.6 is 0 Å². The second-order valence-electron chi connectivity index (χ2n) is 4.33. The number of carbonyl (C=O) groups is 1. The predicted molar refractivity (Wildman–Crippen MR) is 72.1 cm³/mol. The molecular formula is C13H14FN3O4. The molecule has 4 N–H and O–H groups in total. The van der Waals surface area contributed by atoms with Crippen molar-refractivity contribution in [3.63, 3.8) is 0 Å². The summed E-state index contributed by atoms with van der Waals surface area (Å²) < 4.78 is 15.1. The van der Waals surface area contributed by atoms with E-state index in [1.807, 2.05) is 0 Å². The van der Waals surface area contributed by atoms with Crippen LogP contribution in [-0.4, -0.2) is 50.3 Å². The van der Waals surface area contributed by atoms with E-state index in [0.717, 1.165) is 4.68 Å². The van der Waals surface area contributed by atoms with Crippen LogP contribution < -0.4 is 5.32 Å². The van der Waals surface area contributed by atoms with Crippen LogP contribution in [0.4, 0.5) is 10.1 Å². The molecule has 0 spiro atoms. The van der Waals surface area contributed by atoms with E-state index in [0.29, 0.717) is 5.69 Å². The van der Waals surface area contributed by atoms with E-state index in [-0.39, 0.29) is 17.9 Å². The topological polar surface area (TPSA) is 108 Å². The lowest BCUT2D eigenvalue weighted by Gasteiger charge is -2.11. The van der Waals surface area contributed by atoms with Crippen LogP contribution in [0.3, 0.4) is 0 Å². The molecule has 0 aliphatic rings. The first-order valence-corrected chi connectivity index (χ1v) is 6.13. The Bertz CT molecular complexity index is 644. The fraction of sp³-hybridized carbons (Fsp3) is 0.231. The summed E-state index contributed by atoms with van der Waals surface area (Å²) in [7, 11) is 0. The molecule has 112 valence electrons. The number of carboxylic acids is 1. The Morgan fingerprint density at radius 3 is 2.76 bits per heavy atom. The van der Waals surface area contributed by atoms with Crippen molar-refractivity contribution >= 4 is 11.7 Å². The zero-order chi connectivity index (χ0) is 15.4. The third kappa shape index (κ3) is 3.56. The smallest absolute Gasteiger partial charge is 0.356 e. The lowest BCUT2D eigenvalue weighted by atomic mass is 10.2. The first-order valence-electron chi connectivity index (χ1n) is 6.13. The highest BCUT2D eigenvalue weighted by Crippen LogP contribution is 2.18. The zero-order valence-electron chi connectivity index (χ0n) is 10.9. The summed E-state index contributed by atoms with van der Waals surface area (Å²) in [5.41, 5.74) is 0.354. The van der Waals surface area contributed by atoms with E-state index in [1.54, 1.807) is 6.07 Å². The van der Waals surface area contributed by atoms with Gasteiger partial charge in [-0.2, -0.15) is 5.10 Å². The molecule has 0 amide bonds. The van der Waals surface area contributed by atoms with Crippen molar-refractivity contribution in [3.05, 3.63) is 42.0 Å². The molecule has 0 radical (unpaired) electrons. The Morgan fingerprint density at radius 2 is 2.19 bits per heavy atom. The summed E-state index contributed by atoms with van der Waals surface area (Å²) >= 11 is 0. The Kier molecular flexibility index (Phi) is 4.51. The van der Waals surface area contributed by atoms with Gasteiger partial charge in [0, 0.05) is 18.4 Å². The number of aromatic carboxylic acids is 1. The summed E-state index contributed by atoms with van der Waals surface area (Å²) in [5.74, 6) is -1.79. The Balaban J connectivity index is 2.16. The maximum atomic E-state index is 14.0. The molecule has 2 aromatic rings.